The number of nitrogens with zero attached hydrogens (tertiary/aromatic N) is 2. The van der Waals surface area contributed by atoms with E-state index >= 15 is 0 Å². The van der Waals surface area contributed by atoms with Gasteiger partial charge in [0.15, 0.2) is 0 Å². The number of hydrogen-bond acceptors (Lipinski definition) is 3. The summed E-state index contributed by atoms with van der Waals surface area (Å²) in [7, 11) is 0. The summed E-state index contributed by atoms with van der Waals surface area (Å²) >= 11 is 13.7. The Balaban J connectivity index is 1.70. The molecule has 1 atom stereocenters. The quantitative estimate of drug-likeness (QED) is 0.426. The van der Waals surface area contributed by atoms with Crippen molar-refractivity contribution in [2.45, 2.75) is 19.5 Å². The van der Waals surface area contributed by atoms with Crippen LogP contribution in [0.3, 0.4) is 0 Å². The van der Waals surface area contributed by atoms with Gasteiger partial charge in [0.25, 0.3) is 5.91 Å². The molecule has 2 heterocycles. The summed E-state index contributed by atoms with van der Waals surface area (Å²) in [6.45, 7) is 2.52. The number of carbonyl (C=O) groups excluding carboxylic acids is 1. The average Bonchev–Trinajstić information content (AvgIpc) is 3.33. The highest BCUT2D eigenvalue weighted by molar-refractivity contribution is 7.12. The molecule has 0 aliphatic heterocycles. The molecule has 4 aromatic rings. The Hall–Kier alpha value is -2.34. The molecule has 1 unspecified atom stereocenters. The van der Waals surface area contributed by atoms with Crippen LogP contribution in [0.1, 0.15) is 34.0 Å². The maximum absolute atomic E-state index is 12.5. The molecule has 2 aromatic heterocycles. The molecule has 0 aliphatic rings. The highest BCUT2D eigenvalue weighted by Gasteiger charge is 2.19. The molecule has 28 heavy (non-hydrogen) atoms. The lowest BCUT2D eigenvalue weighted by Crippen LogP contribution is -2.28. The van der Waals surface area contributed by atoms with Crippen molar-refractivity contribution in [1.82, 2.24) is 14.9 Å². The van der Waals surface area contributed by atoms with Crippen molar-refractivity contribution in [3.8, 4) is 0 Å². The first-order chi connectivity index (χ1) is 13.5. The number of amides is 1. The second kappa shape index (κ2) is 7.95. The third-order valence-electron chi connectivity index (χ3n) is 4.49. The first-order valence-corrected chi connectivity index (χ1v) is 10.4. The third kappa shape index (κ3) is 3.78. The van der Waals surface area contributed by atoms with Crippen LogP contribution in [-0.4, -0.2) is 15.5 Å². The first kappa shape index (κ1) is 19.0. The van der Waals surface area contributed by atoms with Crippen molar-refractivity contribution < 1.29 is 4.79 Å². The minimum Gasteiger partial charge on any atom is -0.342 e. The molecule has 7 heteroatoms. The minimum atomic E-state index is -0.259. The predicted octanol–water partition coefficient (Wildman–Crippen LogP) is 5.94. The molecule has 0 radical (unpaired) electrons. The van der Waals surface area contributed by atoms with E-state index in [9.17, 15) is 4.79 Å². The molecule has 0 saturated carbocycles. The molecular formula is C21H17Cl2N3OS. The molecule has 0 fully saturated rings. The van der Waals surface area contributed by atoms with Gasteiger partial charge in [0.2, 0.25) is 0 Å². The highest BCUT2D eigenvalue weighted by atomic mass is 35.5. The number of thiophene rings is 1. The van der Waals surface area contributed by atoms with E-state index in [1.54, 1.807) is 6.07 Å². The van der Waals surface area contributed by atoms with Gasteiger partial charge in [0.1, 0.15) is 5.82 Å². The molecule has 1 amide bonds. The fraction of sp³-hybridized carbons (Fsp3) is 0.143. The predicted molar refractivity (Wildman–Crippen MR) is 115 cm³/mol. The molecule has 4 nitrogen and oxygen atoms in total. The van der Waals surface area contributed by atoms with Crippen LogP contribution in [0.2, 0.25) is 10.0 Å². The number of para-hydroxylation sites is 2. The van der Waals surface area contributed by atoms with E-state index < -0.39 is 0 Å². The summed E-state index contributed by atoms with van der Waals surface area (Å²) in [5.41, 5.74) is 2.89. The molecule has 142 valence electrons. The monoisotopic (exact) mass is 429 g/mol. The van der Waals surface area contributed by atoms with E-state index in [-0.39, 0.29) is 11.9 Å². The van der Waals surface area contributed by atoms with E-state index in [4.69, 9.17) is 28.2 Å². The lowest BCUT2D eigenvalue weighted by molar-refractivity contribution is 0.0942. The van der Waals surface area contributed by atoms with Crippen LogP contribution in [0.15, 0.2) is 60.0 Å². The van der Waals surface area contributed by atoms with Gasteiger partial charge in [-0.25, -0.2) is 4.98 Å². The van der Waals surface area contributed by atoms with Crippen molar-refractivity contribution in [3.63, 3.8) is 0 Å². The molecule has 0 aliphatic carbocycles. The second-order valence-electron chi connectivity index (χ2n) is 6.47. The smallest absolute Gasteiger partial charge is 0.261 e. The molecule has 1 N–H and O–H groups in total. The minimum absolute atomic E-state index is 0.101. The zero-order chi connectivity index (χ0) is 19.7. The van der Waals surface area contributed by atoms with Crippen LogP contribution in [0, 0.1) is 0 Å². The van der Waals surface area contributed by atoms with Gasteiger partial charge in [-0.15, -0.1) is 11.3 Å². The standard InChI is InChI=1S/C21H17Cl2N3OS/c1-13(24-21(27)19-7-4-10-28-19)20-25-17-5-2-3-6-18(17)26(20)12-14-8-9-15(22)16(23)11-14/h2-11,13H,12H2,1H3,(H,24,27). The molecule has 0 bridgehead atoms. The largest absolute Gasteiger partial charge is 0.342 e. The SMILES string of the molecule is CC(NC(=O)c1cccs1)c1nc2ccccc2n1Cc1ccc(Cl)c(Cl)c1. The number of fused-ring (bicyclic) bond motifs is 1. The Morgan fingerprint density at radius 1 is 1.14 bits per heavy atom. The fourth-order valence-corrected chi connectivity index (χ4v) is 4.10. The van der Waals surface area contributed by atoms with Gasteiger partial charge in [0.05, 0.1) is 32.0 Å². The van der Waals surface area contributed by atoms with E-state index in [0.29, 0.717) is 21.5 Å². The highest BCUT2D eigenvalue weighted by Crippen LogP contribution is 2.26. The van der Waals surface area contributed by atoms with Gasteiger partial charge in [0, 0.05) is 6.54 Å². The molecule has 0 saturated heterocycles. The van der Waals surface area contributed by atoms with Gasteiger partial charge >= 0.3 is 0 Å². The van der Waals surface area contributed by atoms with Crippen molar-refractivity contribution in [2.24, 2.45) is 0 Å². The van der Waals surface area contributed by atoms with Crippen molar-refractivity contribution >= 4 is 51.5 Å². The van der Waals surface area contributed by atoms with Gasteiger partial charge in [-0.05, 0) is 48.2 Å². The number of hydrogen-bond donors (Lipinski definition) is 1. The van der Waals surface area contributed by atoms with Gasteiger partial charge in [-0.2, -0.15) is 0 Å². The Kier molecular flexibility index (Phi) is 5.40. The molecule has 2 aromatic carbocycles. The summed E-state index contributed by atoms with van der Waals surface area (Å²) in [4.78, 5) is 17.9. The van der Waals surface area contributed by atoms with Gasteiger partial charge < -0.3 is 9.88 Å². The molecule has 0 spiro atoms. The topological polar surface area (TPSA) is 46.9 Å². The van der Waals surface area contributed by atoms with Gasteiger partial charge in [-0.3, -0.25) is 4.79 Å². The maximum atomic E-state index is 12.5. The Morgan fingerprint density at radius 3 is 2.71 bits per heavy atom. The lowest BCUT2D eigenvalue weighted by Gasteiger charge is -2.16. The number of nitrogens with one attached hydrogen (secondary N) is 1. The fourth-order valence-electron chi connectivity index (χ4n) is 3.15. The lowest BCUT2D eigenvalue weighted by atomic mass is 10.2. The zero-order valence-electron chi connectivity index (χ0n) is 15.0. The summed E-state index contributed by atoms with van der Waals surface area (Å²) in [5, 5.41) is 5.98. The van der Waals surface area contributed by atoms with Crippen molar-refractivity contribution in [2.75, 3.05) is 0 Å². The Bertz CT molecular complexity index is 1140. The number of aromatic nitrogens is 2. The third-order valence-corrected chi connectivity index (χ3v) is 6.10. The summed E-state index contributed by atoms with van der Waals surface area (Å²) in [6, 6.07) is 16.9. The average molecular weight is 430 g/mol. The summed E-state index contributed by atoms with van der Waals surface area (Å²) in [6.07, 6.45) is 0. The van der Waals surface area contributed by atoms with E-state index in [1.807, 2.05) is 60.8 Å². The van der Waals surface area contributed by atoms with Gasteiger partial charge in [-0.1, -0.05) is 47.5 Å². The second-order valence-corrected chi connectivity index (χ2v) is 8.23. The van der Waals surface area contributed by atoms with E-state index in [0.717, 1.165) is 22.4 Å². The van der Waals surface area contributed by atoms with Crippen LogP contribution in [0.4, 0.5) is 0 Å². The van der Waals surface area contributed by atoms with Crippen LogP contribution in [0.5, 0.6) is 0 Å². The number of halogens is 2. The van der Waals surface area contributed by atoms with Crippen molar-refractivity contribution in [1.29, 1.82) is 0 Å². The van der Waals surface area contributed by atoms with Crippen LogP contribution >= 0.6 is 34.5 Å². The van der Waals surface area contributed by atoms with E-state index in [1.165, 1.54) is 11.3 Å². The Morgan fingerprint density at radius 2 is 1.96 bits per heavy atom. The molecule has 4 rings (SSSR count). The number of rotatable bonds is 5. The first-order valence-electron chi connectivity index (χ1n) is 8.76. The number of benzene rings is 2. The van der Waals surface area contributed by atoms with Crippen LogP contribution in [0.25, 0.3) is 11.0 Å². The number of imidazole rings is 1. The van der Waals surface area contributed by atoms with Crippen LogP contribution < -0.4 is 5.32 Å². The maximum Gasteiger partial charge on any atom is 0.261 e. The normalized spacial score (nSPS) is 12.2. The van der Waals surface area contributed by atoms with Crippen molar-refractivity contribution in [3.05, 3.63) is 86.3 Å². The summed E-state index contributed by atoms with van der Waals surface area (Å²) in [5.74, 6) is 0.688. The van der Waals surface area contributed by atoms with E-state index in [2.05, 4.69) is 9.88 Å². The summed E-state index contributed by atoms with van der Waals surface area (Å²) < 4.78 is 2.11. The Labute approximate surface area is 176 Å². The number of carbonyl (C=O) groups is 1. The molecular weight excluding hydrogens is 413 g/mol. The van der Waals surface area contributed by atoms with Crippen LogP contribution in [-0.2, 0) is 6.54 Å². The zero-order valence-corrected chi connectivity index (χ0v) is 17.4.